The molecule has 2 N–H and O–H groups in total. The van der Waals surface area contributed by atoms with E-state index in [1.54, 1.807) is 10.9 Å². The number of nitrogens with zero attached hydrogens (tertiary/aromatic N) is 3. The van der Waals surface area contributed by atoms with Gasteiger partial charge in [-0.25, -0.2) is 0 Å². The molecule has 1 unspecified atom stereocenters. The van der Waals surface area contributed by atoms with E-state index in [1.807, 2.05) is 37.4 Å². The number of aliphatic hydroxyl groups excluding tert-OH is 1. The monoisotopic (exact) mass is 404 g/mol. The average molecular weight is 405 g/mol. The van der Waals surface area contributed by atoms with E-state index in [2.05, 4.69) is 39.6 Å². The number of hydrogen-bond donors (Lipinski definition) is 2. The maximum absolute atomic E-state index is 12.9. The topological polar surface area (TPSA) is 70.4 Å². The van der Waals surface area contributed by atoms with E-state index >= 15 is 0 Å². The summed E-state index contributed by atoms with van der Waals surface area (Å²) in [6, 6.07) is 18.3. The summed E-state index contributed by atoms with van der Waals surface area (Å²) >= 11 is 0. The Morgan fingerprint density at radius 1 is 1.13 bits per heavy atom. The van der Waals surface area contributed by atoms with Gasteiger partial charge in [0, 0.05) is 39.6 Å². The standard InChI is InChI=1S/C24H28N4O2/c1-27-23(13-18-7-3-2-4-8-18)22(15-26-27)24(30)25-14-19-9-5-6-10-20(19)16-28-12-11-21(29)17-28/h2-10,15,21,29H,11-14,16-17H2,1H3,(H,25,30). The van der Waals surface area contributed by atoms with Crippen LogP contribution in [0.15, 0.2) is 60.8 Å². The van der Waals surface area contributed by atoms with Crippen LogP contribution in [0.25, 0.3) is 0 Å². The summed E-state index contributed by atoms with van der Waals surface area (Å²) in [5.74, 6) is -0.111. The molecule has 1 atom stereocenters. The summed E-state index contributed by atoms with van der Waals surface area (Å²) < 4.78 is 1.77. The van der Waals surface area contributed by atoms with Gasteiger partial charge in [-0.2, -0.15) is 5.10 Å². The molecule has 6 nitrogen and oxygen atoms in total. The van der Waals surface area contributed by atoms with Gasteiger partial charge < -0.3 is 10.4 Å². The van der Waals surface area contributed by atoms with Crippen molar-refractivity contribution in [2.75, 3.05) is 13.1 Å². The lowest BCUT2D eigenvalue weighted by atomic mass is 10.1. The van der Waals surface area contributed by atoms with Crippen LogP contribution in [0, 0.1) is 0 Å². The highest BCUT2D eigenvalue weighted by atomic mass is 16.3. The summed E-state index contributed by atoms with van der Waals surface area (Å²) in [5, 5.41) is 17.2. The first kappa shape index (κ1) is 20.3. The molecule has 0 bridgehead atoms. The normalized spacial score (nSPS) is 16.7. The Kier molecular flexibility index (Phi) is 6.26. The number of β-amino-alcohol motifs (C(OH)–C–C–N with tert-alkyl or cyclic N) is 1. The number of aryl methyl sites for hydroxylation is 1. The lowest BCUT2D eigenvalue weighted by molar-refractivity contribution is 0.0950. The Hall–Kier alpha value is -2.96. The molecule has 1 aromatic heterocycles. The number of benzene rings is 2. The second-order valence-electron chi connectivity index (χ2n) is 7.92. The van der Waals surface area contributed by atoms with Crippen molar-refractivity contribution in [2.45, 2.75) is 32.0 Å². The van der Waals surface area contributed by atoms with Gasteiger partial charge >= 0.3 is 0 Å². The van der Waals surface area contributed by atoms with Gasteiger partial charge in [-0.05, 0) is 23.1 Å². The smallest absolute Gasteiger partial charge is 0.255 e. The molecule has 0 saturated carbocycles. The molecule has 3 aromatic rings. The average Bonchev–Trinajstić information content (AvgIpc) is 3.33. The van der Waals surface area contributed by atoms with Gasteiger partial charge in [0.05, 0.1) is 23.6 Å². The number of rotatable bonds is 7. The highest BCUT2D eigenvalue weighted by Gasteiger charge is 2.21. The molecule has 1 aliphatic rings. The van der Waals surface area contributed by atoms with Crippen LogP contribution in [0.5, 0.6) is 0 Å². The fraction of sp³-hybridized carbons (Fsp3) is 0.333. The molecule has 0 radical (unpaired) electrons. The van der Waals surface area contributed by atoms with Crippen molar-refractivity contribution in [3.05, 3.63) is 88.7 Å². The Morgan fingerprint density at radius 2 is 1.87 bits per heavy atom. The number of amides is 1. The number of aromatic nitrogens is 2. The van der Waals surface area contributed by atoms with Crippen LogP contribution in [0.3, 0.4) is 0 Å². The number of carbonyl (C=O) groups is 1. The van der Waals surface area contributed by atoms with Crippen LogP contribution in [0.2, 0.25) is 0 Å². The summed E-state index contributed by atoms with van der Waals surface area (Å²) in [6.45, 7) is 2.86. The van der Waals surface area contributed by atoms with Gasteiger partial charge in [-0.1, -0.05) is 54.6 Å². The van der Waals surface area contributed by atoms with Crippen LogP contribution >= 0.6 is 0 Å². The minimum absolute atomic E-state index is 0.111. The number of nitrogens with one attached hydrogen (secondary N) is 1. The highest BCUT2D eigenvalue weighted by Crippen LogP contribution is 2.18. The minimum Gasteiger partial charge on any atom is -0.392 e. The van der Waals surface area contributed by atoms with Crippen molar-refractivity contribution in [3.8, 4) is 0 Å². The van der Waals surface area contributed by atoms with E-state index < -0.39 is 0 Å². The summed E-state index contributed by atoms with van der Waals surface area (Å²) in [6.07, 6.45) is 2.90. The van der Waals surface area contributed by atoms with E-state index in [4.69, 9.17) is 0 Å². The SMILES string of the molecule is Cn1ncc(C(=O)NCc2ccccc2CN2CCC(O)C2)c1Cc1ccccc1. The molecule has 0 spiro atoms. The molecule has 156 valence electrons. The van der Waals surface area contributed by atoms with Gasteiger partial charge in [0.25, 0.3) is 5.91 Å². The Balaban J connectivity index is 1.43. The third kappa shape index (κ3) is 4.78. The maximum Gasteiger partial charge on any atom is 0.255 e. The summed E-state index contributed by atoms with van der Waals surface area (Å²) in [5.41, 5.74) is 4.94. The predicted octanol–water partition coefficient (Wildman–Crippen LogP) is 2.51. The van der Waals surface area contributed by atoms with Crippen LogP contribution in [0.4, 0.5) is 0 Å². The van der Waals surface area contributed by atoms with E-state index in [0.717, 1.165) is 36.3 Å². The molecule has 4 rings (SSSR count). The first-order valence-electron chi connectivity index (χ1n) is 10.4. The van der Waals surface area contributed by atoms with Crippen molar-refractivity contribution in [3.63, 3.8) is 0 Å². The van der Waals surface area contributed by atoms with Crippen molar-refractivity contribution in [1.82, 2.24) is 20.0 Å². The Bertz CT molecular complexity index is 999. The van der Waals surface area contributed by atoms with Crippen molar-refractivity contribution < 1.29 is 9.90 Å². The van der Waals surface area contributed by atoms with Crippen LogP contribution in [-0.2, 0) is 26.6 Å². The van der Waals surface area contributed by atoms with Crippen molar-refractivity contribution >= 4 is 5.91 Å². The van der Waals surface area contributed by atoms with Crippen molar-refractivity contribution in [1.29, 1.82) is 0 Å². The molecular weight excluding hydrogens is 376 g/mol. The van der Waals surface area contributed by atoms with E-state index in [-0.39, 0.29) is 12.0 Å². The van der Waals surface area contributed by atoms with Crippen molar-refractivity contribution in [2.24, 2.45) is 7.05 Å². The van der Waals surface area contributed by atoms with Crippen LogP contribution in [-0.4, -0.2) is 44.9 Å². The molecule has 1 fully saturated rings. The van der Waals surface area contributed by atoms with Gasteiger partial charge in [0.1, 0.15) is 0 Å². The fourth-order valence-electron chi connectivity index (χ4n) is 4.00. The van der Waals surface area contributed by atoms with Gasteiger partial charge in [-0.3, -0.25) is 14.4 Å². The highest BCUT2D eigenvalue weighted by molar-refractivity contribution is 5.95. The molecule has 30 heavy (non-hydrogen) atoms. The second kappa shape index (κ2) is 9.24. The first-order chi connectivity index (χ1) is 14.6. The molecule has 0 aliphatic carbocycles. The quantitative estimate of drug-likeness (QED) is 0.635. The molecule has 6 heteroatoms. The van der Waals surface area contributed by atoms with Gasteiger partial charge in [0.2, 0.25) is 0 Å². The second-order valence-corrected chi connectivity index (χ2v) is 7.92. The zero-order valence-electron chi connectivity index (χ0n) is 17.3. The van der Waals surface area contributed by atoms with Gasteiger partial charge in [-0.15, -0.1) is 0 Å². The minimum atomic E-state index is -0.231. The number of hydrogen-bond acceptors (Lipinski definition) is 4. The molecule has 2 aromatic carbocycles. The first-order valence-corrected chi connectivity index (χ1v) is 10.4. The third-order valence-electron chi connectivity index (χ3n) is 5.72. The molecule has 2 heterocycles. The van der Waals surface area contributed by atoms with E-state index in [9.17, 15) is 9.90 Å². The lowest BCUT2D eigenvalue weighted by Gasteiger charge is -2.18. The summed E-state index contributed by atoms with van der Waals surface area (Å²) in [4.78, 5) is 15.2. The van der Waals surface area contributed by atoms with Crippen LogP contribution < -0.4 is 5.32 Å². The zero-order valence-corrected chi connectivity index (χ0v) is 17.3. The Labute approximate surface area is 177 Å². The van der Waals surface area contributed by atoms with Crippen LogP contribution in [0.1, 0.15) is 39.2 Å². The maximum atomic E-state index is 12.9. The zero-order chi connectivity index (χ0) is 20.9. The van der Waals surface area contributed by atoms with Gasteiger partial charge in [0.15, 0.2) is 0 Å². The van der Waals surface area contributed by atoms with E-state index in [0.29, 0.717) is 25.1 Å². The molecule has 1 aliphatic heterocycles. The fourth-order valence-corrected chi connectivity index (χ4v) is 4.00. The van der Waals surface area contributed by atoms with E-state index in [1.165, 1.54) is 5.56 Å². The third-order valence-corrected chi connectivity index (χ3v) is 5.72. The Morgan fingerprint density at radius 3 is 2.60 bits per heavy atom. The number of carbonyl (C=O) groups excluding carboxylic acids is 1. The largest absolute Gasteiger partial charge is 0.392 e. The lowest BCUT2D eigenvalue weighted by Crippen LogP contribution is -2.26. The summed E-state index contributed by atoms with van der Waals surface area (Å²) in [7, 11) is 1.87. The molecular formula is C24H28N4O2. The predicted molar refractivity (Wildman–Crippen MR) is 116 cm³/mol. The molecule has 1 saturated heterocycles. The number of likely N-dealkylation sites (tertiary alicyclic amines) is 1. The molecule has 1 amide bonds. The number of aliphatic hydroxyl groups is 1.